The normalized spacial score (nSPS) is 10.5. The fourth-order valence-electron chi connectivity index (χ4n) is 1.51. The third-order valence-electron chi connectivity index (χ3n) is 2.56. The van der Waals surface area contributed by atoms with Gasteiger partial charge in [-0.15, -0.1) is 0 Å². The molecule has 1 heterocycles. The minimum atomic E-state index is -0.423. The highest BCUT2D eigenvalue weighted by Gasteiger charge is 2.08. The Hall–Kier alpha value is -2.37. The van der Waals surface area contributed by atoms with Crippen molar-refractivity contribution in [1.82, 2.24) is 10.2 Å². The highest BCUT2D eigenvalue weighted by molar-refractivity contribution is 5.99. The lowest BCUT2D eigenvalue weighted by molar-refractivity contribution is 0.262. The molecule has 2 amide bonds. The summed E-state index contributed by atoms with van der Waals surface area (Å²) in [6.07, 6.45) is 0. The molecule has 0 aliphatic carbocycles. The van der Waals surface area contributed by atoms with E-state index < -0.39 is 6.03 Å². The van der Waals surface area contributed by atoms with Crippen molar-refractivity contribution in [3.8, 4) is 0 Å². The molecular weight excluding hydrogens is 247 g/mol. The van der Waals surface area contributed by atoms with E-state index in [9.17, 15) is 9.18 Å². The summed E-state index contributed by atoms with van der Waals surface area (Å²) in [4.78, 5) is 11.7. The van der Waals surface area contributed by atoms with Crippen LogP contribution in [-0.4, -0.2) is 16.2 Å². The fraction of sp³-hybridized carbons (Fsp3) is 0.231. The number of nitrogens with one attached hydrogen (secondary N) is 3. The zero-order valence-corrected chi connectivity index (χ0v) is 10.7. The number of amides is 2. The highest BCUT2D eigenvalue weighted by Crippen LogP contribution is 2.15. The van der Waals surface area contributed by atoms with Crippen molar-refractivity contribution in [2.45, 2.75) is 19.8 Å². The Bertz CT molecular complexity index is 562. The number of aromatic nitrogens is 2. The van der Waals surface area contributed by atoms with Crippen molar-refractivity contribution in [1.29, 1.82) is 0 Å². The maximum atomic E-state index is 12.7. The number of anilines is 2. The Morgan fingerprint density at radius 2 is 1.95 bits per heavy atom. The van der Waals surface area contributed by atoms with E-state index >= 15 is 0 Å². The molecule has 0 saturated carbocycles. The molecule has 0 unspecified atom stereocenters. The first kappa shape index (κ1) is 13.1. The van der Waals surface area contributed by atoms with E-state index in [0.717, 1.165) is 5.69 Å². The van der Waals surface area contributed by atoms with Gasteiger partial charge in [0.15, 0.2) is 5.82 Å². The molecule has 5 nitrogen and oxygen atoms in total. The smallest absolute Gasteiger partial charge is 0.308 e. The molecule has 0 radical (unpaired) electrons. The summed E-state index contributed by atoms with van der Waals surface area (Å²) < 4.78 is 12.7. The molecule has 0 aliphatic rings. The van der Waals surface area contributed by atoms with E-state index in [0.29, 0.717) is 17.4 Å². The summed E-state index contributed by atoms with van der Waals surface area (Å²) in [5.74, 6) is 0.409. The lowest BCUT2D eigenvalue weighted by atomic mass is 10.1. The predicted molar refractivity (Wildman–Crippen MR) is 71.7 cm³/mol. The molecule has 2 rings (SSSR count). The zero-order valence-electron chi connectivity index (χ0n) is 10.7. The lowest BCUT2D eigenvalue weighted by Gasteiger charge is -2.05. The summed E-state index contributed by atoms with van der Waals surface area (Å²) in [7, 11) is 0. The van der Waals surface area contributed by atoms with E-state index in [1.54, 1.807) is 6.07 Å². The maximum Gasteiger partial charge on any atom is 0.324 e. The van der Waals surface area contributed by atoms with E-state index in [-0.39, 0.29) is 5.82 Å². The van der Waals surface area contributed by atoms with Gasteiger partial charge >= 0.3 is 6.03 Å². The van der Waals surface area contributed by atoms with Gasteiger partial charge in [0.25, 0.3) is 0 Å². The summed E-state index contributed by atoms with van der Waals surface area (Å²) in [6.45, 7) is 4.05. The second kappa shape index (κ2) is 5.51. The van der Waals surface area contributed by atoms with E-state index in [4.69, 9.17) is 0 Å². The Morgan fingerprint density at radius 3 is 2.53 bits per heavy atom. The van der Waals surface area contributed by atoms with Crippen LogP contribution in [0.5, 0.6) is 0 Å². The van der Waals surface area contributed by atoms with Gasteiger partial charge in [-0.2, -0.15) is 5.10 Å². The largest absolute Gasteiger partial charge is 0.324 e. The van der Waals surface area contributed by atoms with Crippen LogP contribution in [0.3, 0.4) is 0 Å². The van der Waals surface area contributed by atoms with Crippen molar-refractivity contribution in [2.24, 2.45) is 0 Å². The average molecular weight is 262 g/mol. The number of hydrogen-bond acceptors (Lipinski definition) is 2. The Morgan fingerprint density at radius 1 is 1.26 bits per heavy atom. The molecular formula is C13H15FN4O. The van der Waals surface area contributed by atoms with Crippen LogP contribution in [0, 0.1) is 5.82 Å². The van der Waals surface area contributed by atoms with Crippen molar-refractivity contribution < 1.29 is 9.18 Å². The number of halogens is 1. The number of carbonyl (C=O) groups excluding carboxylic acids is 1. The number of benzene rings is 1. The Balaban J connectivity index is 1.95. The molecule has 0 fully saturated rings. The Kier molecular flexibility index (Phi) is 3.79. The first-order chi connectivity index (χ1) is 9.04. The van der Waals surface area contributed by atoms with E-state index in [2.05, 4.69) is 20.8 Å². The van der Waals surface area contributed by atoms with Crippen molar-refractivity contribution in [3.63, 3.8) is 0 Å². The summed E-state index contributed by atoms with van der Waals surface area (Å²) in [5, 5.41) is 12.0. The van der Waals surface area contributed by atoms with Crippen LogP contribution in [0.1, 0.15) is 25.5 Å². The van der Waals surface area contributed by atoms with Crippen LogP contribution in [0.25, 0.3) is 0 Å². The average Bonchev–Trinajstić information content (AvgIpc) is 2.80. The molecule has 0 saturated heterocycles. The SMILES string of the molecule is CC(C)c1cc(NC(=O)Nc2ccc(F)cc2)n[nH]1. The number of hydrogen-bond donors (Lipinski definition) is 3. The monoisotopic (exact) mass is 262 g/mol. The van der Waals surface area contributed by atoms with E-state index in [1.807, 2.05) is 13.8 Å². The topological polar surface area (TPSA) is 69.8 Å². The second-order valence-electron chi connectivity index (χ2n) is 4.45. The molecule has 19 heavy (non-hydrogen) atoms. The minimum absolute atomic E-state index is 0.309. The van der Waals surface area contributed by atoms with Gasteiger partial charge in [-0.1, -0.05) is 13.8 Å². The van der Waals surface area contributed by atoms with Crippen LogP contribution in [0.4, 0.5) is 20.7 Å². The lowest BCUT2D eigenvalue weighted by Crippen LogP contribution is -2.19. The van der Waals surface area contributed by atoms with Crippen molar-refractivity contribution in [3.05, 3.63) is 41.8 Å². The third-order valence-corrected chi connectivity index (χ3v) is 2.56. The molecule has 1 aromatic carbocycles. The number of nitrogens with zero attached hydrogens (tertiary/aromatic N) is 1. The molecule has 0 aliphatic heterocycles. The van der Waals surface area contributed by atoms with Crippen LogP contribution in [0.2, 0.25) is 0 Å². The van der Waals surface area contributed by atoms with Gasteiger partial charge in [-0.25, -0.2) is 9.18 Å². The van der Waals surface area contributed by atoms with Gasteiger partial charge in [0, 0.05) is 17.4 Å². The first-order valence-corrected chi connectivity index (χ1v) is 5.93. The van der Waals surface area contributed by atoms with Gasteiger partial charge in [-0.05, 0) is 30.2 Å². The third kappa shape index (κ3) is 3.54. The molecule has 6 heteroatoms. The van der Waals surface area contributed by atoms with Gasteiger partial charge in [0.05, 0.1) is 0 Å². The molecule has 0 spiro atoms. The summed E-state index contributed by atoms with van der Waals surface area (Å²) >= 11 is 0. The van der Waals surface area contributed by atoms with Gasteiger partial charge < -0.3 is 5.32 Å². The number of H-pyrrole nitrogens is 1. The first-order valence-electron chi connectivity index (χ1n) is 5.93. The van der Waals surface area contributed by atoms with Gasteiger partial charge in [0.1, 0.15) is 5.82 Å². The second-order valence-corrected chi connectivity index (χ2v) is 4.45. The molecule has 1 aromatic heterocycles. The summed E-state index contributed by atoms with van der Waals surface area (Å²) in [5.41, 5.74) is 1.45. The maximum absolute atomic E-state index is 12.7. The van der Waals surface area contributed by atoms with Crippen molar-refractivity contribution in [2.75, 3.05) is 10.6 Å². The van der Waals surface area contributed by atoms with Gasteiger partial charge in [-0.3, -0.25) is 10.4 Å². The molecule has 3 N–H and O–H groups in total. The minimum Gasteiger partial charge on any atom is -0.308 e. The van der Waals surface area contributed by atoms with Crippen LogP contribution >= 0.6 is 0 Å². The van der Waals surface area contributed by atoms with Crippen LogP contribution in [-0.2, 0) is 0 Å². The molecule has 0 atom stereocenters. The van der Waals surface area contributed by atoms with Crippen LogP contribution < -0.4 is 10.6 Å². The van der Waals surface area contributed by atoms with E-state index in [1.165, 1.54) is 24.3 Å². The number of aromatic amines is 1. The Labute approximate surface area is 110 Å². The number of urea groups is 1. The molecule has 100 valence electrons. The van der Waals surface area contributed by atoms with Gasteiger partial charge in [0.2, 0.25) is 0 Å². The zero-order chi connectivity index (χ0) is 13.8. The fourth-order valence-corrected chi connectivity index (χ4v) is 1.51. The quantitative estimate of drug-likeness (QED) is 0.794. The number of rotatable bonds is 3. The van der Waals surface area contributed by atoms with Crippen LogP contribution in [0.15, 0.2) is 30.3 Å². The number of carbonyl (C=O) groups is 1. The highest BCUT2D eigenvalue weighted by atomic mass is 19.1. The standard InChI is InChI=1S/C13H15FN4O/c1-8(2)11-7-12(18-17-11)16-13(19)15-10-5-3-9(14)4-6-10/h3-8H,1-2H3,(H3,15,16,17,18,19). The molecule has 0 bridgehead atoms. The summed E-state index contributed by atoms with van der Waals surface area (Å²) in [6, 6.07) is 6.88. The van der Waals surface area contributed by atoms with Crippen molar-refractivity contribution >= 4 is 17.5 Å². The molecule has 2 aromatic rings. The predicted octanol–water partition coefficient (Wildman–Crippen LogP) is 3.32.